The number of nitrogens with zero attached hydrogens (tertiary/aromatic N) is 3. The maximum Gasteiger partial charge on any atom is 0.274 e. The Bertz CT molecular complexity index is 1080. The zero-order valence-electron chi connectivity index (χ0n) is 16.0. The van der Waals surface area contributed by atoms with Crippen molar-refractivity contribution in [3.05, 3.63) is 77.6 Å². The number of ketones is 1. The van der Waals surface area contributed by atoms with E-state index in [0.717, 1.165) is 17.8 Å². The molecule has 28 heavy (non-hydrogen) atoms. The minimum atomic E-state index is -0.248. The molecule has 5 nitrogen and oxygen atoms in total. The predicted octanol–water partition coefficient (Wildman–Crippen LogP) is 2.86. The summed E-state index contributed by atoms with van der Waals surface area (Å²) in [5, 5.41) is 6.47. The van der Waals surface area contributed by atoms with Crippen LogP contribution in [0.3, 0.4) is 0 Å². The van der Waals surface area contributed by atoms with E-state index in [4.69, 9.17) is 5.10 Å². The van der Waals surface area contributed by atoms with E-state index in [9.17, 15) is 9.59 Å². The van der Waals surface area contributed by atoms with Crippen molar-refractivity contribution in [2.24, 2.45) is 5.10 Å². The third kappa shape index (κ3) is 1.93. The third-order valence-corrected chi connectivity index (χ3v) is 6.45. The van der Waals surface area contributed by atoms with Crippen LogP contribution in [-0.2, 0) is 4.79 Å². The molecule has 0 N–H and O–H groups in total. The molecule has 2 saturated heterocycles. The van der Waals surface area contributed by atoms with Crippen LogP contribution in [0.1, 0.15) is 36.2 Å². The van der Waals surface area contributed by atoms with Crippen molar-refractivity contribution in [3.8, 4) is 0 Å². The van der Waals surface area contributed by atoms with Gasteiger partial charge in [-0.05, 0) is 26.0 Å². The van der Waals surface area contributed by atoms with E-state index in [2.05, 4.69) is 17.2 Å². The average Bonchev–Trinajstić information content (AvgIpc) is 3.60. The molecule has 140 valence electrons. The van der Waals surface area contributed by atoms with Crippen molar-refractivity contribution in [1.82, 2.24) is 9.91 Å². The fourth-order valence-corrected chi connectivity index (χ4v) is 4.99. The topological polar surface area (TPSA) is 52.8 Å². The van der Waals surface area contributed by atoms with Gasteiger partial charge < -0.3 is 0 Å². The van der Waals surface area contributed by atoms with E-state index in [1.807, 2.05) is 37.3 Å². The molecule has 5 rings (SSSR count). The van der Waals surface area contributed by atoms with Crippen LogP contribution in [-0.4, -0.2) is 51.0 Å². The maximum absolute atomic E-state index is 13.4. The Balaban J connectivity index is 1.56. The Kier molecular flexibility index (Phi) is 3.36. The molecule has 1 amide bonds. The highest BCUT2D eigenvalue weighted by molar-refractivity contribution is 6.14. The van der Waals surface area contributed by atoms with E-state index in [1.54, 1.807) is 30.2 Å². The predicted molar refractivity (Wildman–Crippen MR) is 107 cm³/mol. The van der Waals surface area contributed by atoms with Crippen molar-refractivity contribution in [3.63, 3.8) is 0 Å². The Morgan fingerprint density at radius 3 is 2.68 bits per heavy atom. The van der Waals surface area contributed by atoms with E-state index >= 15 is 0 Å². The molecule has 4 atom stereocenters. The van der Waals surface area contributed by atoms with E-state index in [0.29, 0.717) is 23.6 Å². The van der Waals surface area contributed by atoms with Crippen LogP contribution in [0, 0.1) is 0 Å². The lowest BCUT2D eigenvalue weighted by Gasteiger charge is -2.26. The van der Waals surface area contributed by atoms with Gasteiger partial charge in [-0.25, -0.2) is 5.01 Å². The number of carbonyl (C=O) groups is 2. The summed E-state index contributed by atoms with van der Waals surface area (Å²) >= 11 is 0. The van der Waals surface area contributed by atoms with Crippen molar-refractivity contribution >= 4 is 17.4 Å². The number of hydrazone groups is 1. The van der Waals surface area contributed by atoms with Gasteiger partial charge in [0.15, 0.2) is 5.78 Å². The second kappa shape index (κ2) is 5.51. The first-order chi connectivity index (χ1) is 13.5. The van der Waals surface area contributed by atoms with Gasteiger partial charge in [-0.2, -0.15) is 5.10 Å². The monoisotopic (exact) mass is 371 g/mol. The molecule has 0 bridgehead atoms. The molecule has 3 heterocycles. The van der Waals surface area contributed by atoms with Crippen LogP contribution in [0.2, 0.25) is 0 Å². The lowest BCUT2D eigenvalue weighted by Crippen LogP contribution is -2.44. The second-order valence-corrected chi connectivity index (χ2v) is 7.81. The molecule has 5 heteroatoms. The van der Waals surface area contributed by atoms with Gasteiger partial charge in [0.2, 0.25) is 0 Å². The molecule has 1 aromatic rings. The number of hydrogen-bond acceptors (Lipinski definition) is 4. The average molecular weight is 371 g/mol. The van der Waals surface area contributed by atoms with Gasteiger partial charge in [0.25, 0.3) is 5.91 Å². The van der Waals surface area contributed by atoms with Crippen molar-refractivity contribution in [1.29, 1.82) is 0 Å². The number of amides is 1. The normalized spacial score (nSPS) is 33.9. The zero-order chi connectivity index (χ0) is 19.7. The molecule has 3 fully saturated rings. The molecule has 0 aromatic heterocycles. The number of allylic oxidation sites excluding steroid dienone is 3. The maximum atomic E-state index is 13.4. The molecule has 2 spiro atoms. The fourth-order valence-electron chi connectivity index (χ4n) is 4.99. The first-order valence-electron chi connectivity index (χ1n) is 9.51. The molecular formula is C23H21N3O2. The summed E-state index contributed by atoms with van der Waals surface area (Å²) in [7, 11) is 0. The summed E-state index contributed by atoms with van der Waals surface area (Å²) in [5.74, 6) is -0.108. The summed E-state index contributed by atoms with van der Waals surface area (Å²) in [6.45, 7) is 8.05. The number of benzene rings is 1. The first kappa shape index (κ1) is 17.1. The van der Waals surface area contributed by atoms with Gasteiger partial charge in [0.05, 0.1) is 17.3 Å². The SMILES string of the molecule is C=C=C/C=C(\C=C/C)C(=O)N1N=C(c2ccccc2C(C)=O)CC12C1N3CC132. The summed E-state index contributed by atoms with van der Waals surface area (Å²) in [6.07, 6.45) is 7.69. The van der Waals surface area contributed by atoms with Crippen molar-refractivity contribution in [2.75, 3.05) is 6.54 Å². The molecule has 4 unspecified atom stereocenters. The summed E-state index contributed by atoms with van der Waals surface area (Å²) in [4.78, 5) is 27.9. The lowest BCUT2D eigenvalue weighted by atomic mass is 9.94. The van der Waals surface area contributed by atoms with Gasteiger partial charge in [-0.15, -0.1) is 5.73 Å². The van der Waals surface area contributed by atoms with Crippen LogP contribution in [0.15, 0.2) is 71.6 Å². The number of fused-ring (bicyclic) bond motifs is 2. The molecule has 1 aliphatic carbocycles. The molecule has 4 aliphatic rings. The number of Topliss-reactive ketones (excluding diaryl/α,β-unsaturated/α-hetero) is 1. The second-order valence-electron chi connectivity index (χ2n) is 7.81. The van der Waals surface area contributed by atoms with Crippen molar-refractivity contribution in [2.45, 2.75) is 37.4 Å². The van der Waals surface area contributed by atoms with Gasteiger partial charge >= 0.3 is 0 Å². The standard InChI is InChI=1S/C23H21N3O2/c1-4-6-10-16(9-5-2)20(28)26-22(21-23(22)14-25(21)23)13-19(24-26)18-12-8-7-11-17(18)15(3)27/h5-12,21H,1,13-14H2,2-3H3/b9-5-,16-10+. The highest BCUT2D eigenvalue weighted by Gasteiger charge is 3.08. The van der Waals surface area contributed by atoms with Gasteiger partial charge in [-0.3, -0.25) is 14.5 Å². The Morgan fingerprint density at radius 1 is 1.32 bits per heavy atom. The number of hydrogen-bond donors (Lipinski definition) is 0. The first-order valence-corrected chi connectivity index (χ1v) is 9.51. The number of carbonyl (C=O) groups excluding carboxylic acids is 2. The smallest absolute Gasteiger partial charge is 0.274 e. The Morgan fingerprint density at radius 2 is 2.07 bits per heavy atom. The van der Waals surface area contributed by atoms with Crippen molar-refractivity contribution < 1.29 is 9.59 Å². The van der Waals surface area contributed by atoms with E-state index < -0.39 is 0 Å². The summed E-state index contributed by atoms with van der Waals surface area (Å²) in [6, 6.07) is 7.94. The largest absolute Gasteiger partial charge is 0.294 e. The van der Waals surface area contributed by atoms with E-state index in [1.165, 1.54) is 0 Å². The van der Waals surface area contributed by atoms with Crippen LogP contribution in [0.5, 0.6) is 0 Å². The van der Waals surface area contributed by atoms with Crippen LogP contribution >= 0.6 is 0 Å². The minimum Gasteiger partial charge on any atom is -0.294 e. The molecule has 0 radical (unpaired) electrons. The van der Waals surface area contributed by atoms with Crippen LogP contribution in [0.25, 0.3) is 0 Å². The highest BCUT2D eigenvalue weighted by atomic mass is 16.2. The molecule has 1 aromatic carbocycles. The number of rotatable bonds is 5. The molecular weight excluding hydrogens is 350 g/mol. The lowest BCUT2D eigenvalue weighted by molar-refractivity contribution is -0.130. The minimum absolute atomic E-state index is 0.00918. The Hall–Kier alpha value is -3.01. The van der Waals surface area contributed by atoms with Crippen LogP contribution < -0.4 is 0 Å². The fraction of sp³-hybridized carbons (Fsp3) is 0.304. The highest BCUT2D eigenvalue weighted by Crippen LogP contribution is 2.86. The van der Waals surface area contributed by atoms with Crippen LogP contribution in [0.4, 0.5) is 0 Å². The zero-order valence-corrected chi connectivity index (χ0v) is 16.0. The van der Waals surface area contributed by atoms with Gasteiger partial charge in [0, 0.05) is 29.7 Å². The summed E-state index contributed by atoms with van der Waals surface area (Å²) in [5.41, 5.74) is 5.44. The third-order valence-electron chi connectivity index (χ3n) is 6.45. The van der Waals surface area contributed by atoms with E-state index in [-0.39, 0.29) is 22.8 Å². The van der Waals surface area contributed by atoms with Gasteiger partial charge in [-0.1, -0.05) is 43.0 Å². The van der Waals surface area contributed by atoms with Gasteiger partial charge in [0.1, 0.15) is 5.54 Å². The molecule has 1 saturated carbocycles. The molecule has 3 aliphatic heterocycles. The summed E-state index contributed by atoms with van der Waals surface area (Å²) < 4.78 is 0. The Labute approximate surface area is 164 Å². The quantitative estimate of drug-likeness (QED) is 0.263.